The molecule has 1 aliphatic carbocycles. The number of hydrogen-bond donors (Lipinski definition) is 2. The molecular weight excluding hydrogens is 286 g/mol. The lowest BCUT2D eigenvalue weighted by Gasteiger charge is -2.34. The molecule has 0 radical (unpaired) electrons. The molecule has 120 valence electrons. The van der Waals surface area contributed by atoms with Crippen LogP contribution in [0, 0.1) is 5.41 Å². The molecule has 21 heavy (non-hydrogen) atoms. The van der Waals surface area contributed by atoms with Crippen molar-refractivity contribution in [3.8, 4) is 0 Å². The van der Waals surface area contributed by atoms with Crippen LogP contribution in [-0.2, 0) is 23.6 Å². The predicted octanol–water partition coefficient (Wildman–Crippen LogP) is 1.99. The number of sulfonamides is 1. The van der Waals surface area contributed by atoms with Crippen LogP contribution >= 0.6 is 0 Å². The van der Waals surface area contributed by atoms with Crippen molar-refractivity contribution >= 4 is 10.0 Å². The van der Waals surface area contributed by atoms with Gasteiger partial charge in [-0.1, -0.05) is 13.8 Å². The maximum Gasteiger partial charge on any atom is 0.242 e. The van der Waals surface area contributed by atoms with Crippen LogP contribution in [0.1, 0.15) is 45.2 Å². The fraction of sp³-hybridized carbons (Fsp3) is 0.733. The van der Waals surface area contributed by atoms with Crippen LogP contribution in [0.15, 0.2) is 17.2 Å². The molecule has 0 amide bonds. The van der Waals surface area contributed by atoms with Crippen LogP contribution in [-0.4, -0.2) is 26.1 Å². The average molecular weight is 313 g/mol. The molecule has 0 atom stereocenters. The quantitative estimate of drug-likeness (QED) is 0.874. The van der Waals surface area contributed by atoms with E-state index in [0.717, 1.165) is 31.4 Å². The van der Waals surface area contributed by atoms with Gasteiger partial charge in [-0.05, 0) is 44.2 Å². The zero-order chi connectivity index (χ0) is 15.7. The molecular formula is C15H27N3O2S. The van der Waals surface area contributed by atoms with Crippen LogP contribution in [0.4, 0.5) is 0 Å². The Bertz CT molecular complexity index is 580. The molecule has 0 unspecified atom stereocenters. The molecule has 0 aromatic carbocycles. The Morgan fingerprint density at radius 2 is 1.95 bits per heavy atom. The molecule has 1 aromatic rings. The van der Waals surface area contributed by atoms with E-state index in [4.69, 9.17) is 0 Å². The number of hydrogen-bond acceptors (Lipinski definition) is 3. The lowest BCUT2D eigenvalue weighted by atomic mass is 9.76. The van der Waals surface area contributed by atoms with E-state index in [9.17, 15) is 8.42 Å². The maximum absolute atomic E-state index is 12.5. The molecule has 1 aliphatic rings. The Morgan fingerprint density at radius 1 is 1.33 bits per heavy atom. The monoisotopic (exact) mass is 313 g/mol. The largest absolute Gasteiger partial charge is 0.352 e. The van der Waals surface area contributed by atoms with Gasteiger partial charge in [0.1, 0.15) is 0 Å². The zero-order valence-electron chi connectivity index (χ0n) is 13.4. The second-order valence-corrected chi connectivity index (χ2v) is 8.58. The lowest BCUT2D eigenvalue weighted by molar-refractivity contribution is 0.218. The Hall–Kier alpha value is -0.850. The van der Waals surface area contributed by atoms with E-state index in [0.29, 0.717) is 16.9 Å². The highest BCUT2D eigenvalue weighted by Gasteiger charge is 2.30. The number of aromatic nitrogens is 1. The van der Waals surface area contributed by atoms with Crippen LogP contribution in [0.3, 0.4) is 0 Å². The minimum absolute atomic E-state index is 0.0657. The van der Waals surface area contributed by atoms with Crippen molar-refractivity contribution in [2.75, 3.05) is 7.05 Å². The normalized spacial score (nSPS) is 19.8. The third-order valence-electron chi connectivity index (χ3n) is 4.41. The van der Waals surface area contributed by atoms with Crippen molar-refractivity contribution < 1.29 is 8.42 Å². The van der Waals surface area contributed by atoms with Gasteiger partial charge in [0.25, 0.3) is 0 Å². The number of aryl methyl sites for hydroxylation is 1. The SMILES string of the molecule is CNCc1cc(S(=O)(=O)NC2CCC(C)(C)CC2)cn1C. The summed E-state index contributed by atoms with van der Waals surface area (Å²) >= 11 is 0. The standard InChI is InChI=1S/C15H27N3O2S/c1-15(2)7-5-12(6-8-15)17-21(19,20)14-9-13(10-16-3)18(4)11-14/h9,11-12,16-17H,5-8,10H2,1-4H3. The summed E-state index contributed by atoms with van der Waals surface area (Å²) in [6.07, 6.45) is 5.66. The molecule has 6 heteroatoms. The third-order valence-corrected chi connectivity index (χ3v) is 5.90. The van der Waals surface area contributed by atoms with Crippen LogP contribution < -0.4 is 10.0 Å². The Morgan fingerprint density at radius 3 is 2.52 bits per heavy atom. The number of rotatable bonds is 5. The number of nitrogens with one attached hydrogen (secondary N) is 2. The molecule has 2 rings (SSSR count). The van der Waals surface area contributed by atoms with E-state index in [1.165, 1.54) is 0 Å². The summed E-state index contributed by atoms with van der Waals surface area (Å²) in [5.74, 6) is 0. The van der Waals surface area contributed by atoms with Gasteiger partial charge in [0.2, 0.25) is 10.0 Å². The van der Waals surface area contributed by atoms with Crippen molar-refractivity contribution in [1.82, 2.24) is 14.6 Å². The molecule has 1 heterocycles. The van der Waals surface area contributed by atoms with Gasteiger partial charge in [-0.2, -0.15) is 0 Å². The maximum atomic E-state index is 12.5. The van der Waals surface area contributed by atoms with Crippen LogP contribution in [0.2, 0.25) is 0 Å². The van der Waals surface area contributed by atoms with Crippen molar-refractivity contribution in [2.45, 2.75) is 57.0 Å². The molecule has 1 fully saturated rings. The van der Waals surface area contributed by atoms with Gasteiger partial charge in [-0.25, -0.2) is 13.1 Å². The van der Waals surface area contributed by atoms with Crippen LogP contribution in [0.5, 0.6) is 0 Å². The first-order valence-electron chi connectivity index (χ1n) is 7.56. The topological polar surface area (TPSA) is 63.1 Å². The van der Waals surface area contributed by atoms with Crippen molar-refractivity contribution in [2.24, 2.45) is 12.5 Å². The third kappa shape index (κ3) is 4.08. The van der Waals surface area contributed by atoms with E-state index in [1.807, 2.05) is 18.7 Å². The summed E-state index contributed by atoms with van der Waals surface area (Å²) in [5.41, 5.74) is 1.30. The van der Waals surface area contributed by atoms with E-state index in [-0.39, 0.29) is 6.04 Å². The molecule has 5 nitrogen and oxygen atoms in total. The minimum atomic E-state index is -3.42. The Balaban J connectivity index is 2.07. The number of nitrogens with zero attached hydrogens (tertiary/aromatic N) is 1. The van der Waals surface area contributed by atoms with Gasteiger partial charge in [0.05, 0.1) is 4.90 Å². The molecule has 1 aromatic heterocycles. The first kappa shape index (κ1) is 16.5. The second kappa shape index (κ2) is 6.10. The van der Waals surface area contributed by atoms with Crippen molar-refractivity contribution in [3.05, 3.63) is 18.0 Å². The summed E-state index contributed by atoms with van der Waals surface area (Å²) in [4.78, 5) is 0.361. The first-order valence-corrected chi connectivity index (χ1v) is 9.04. The molecule has 1 saturated carbocycles. The summed E-state index contributed by atoms with van der Waals surface area (Å²) in [6.45, 7) is 5.15. The average Bonchev–Trinajstić information content (AvgIpc) is 2.75. The van der Waals surface area contributed by atoms with E-state index in [1.54, 1.807) is 12.3 Å². The summed E-state index contributed by atoms with van der Waals surface area (Å²) in [6, 6.07) is 1.81. The van der Waals surface area contributed by atoms with Gasteiger partial charge in [-0.15, -0.1) is 0 Å². The van der Waals surface area contributed by atoms with Gasteiger partial charge < -0.3 is 9.88 Å². The Kier molecular flexibility index (Phi) is 4.80. The minimum Gasteiger partial charge on any atom is -0.352 e. The smallest absolute Gasteiger partial charge is 0.242 e. The highest BCUT2D eigenvalue weighted by Crippen LogP contribution is 2.35. The second-order valence-electron chi connectivity index (χ2n) is 6.87. The molecule has 2 N–H and O–H groups in total. The summed E-state index contributed by atoms with van der Waals surface area (Å²) in [7, 11) is 0.304. The van der Waals surface area contributed by atoms with Gasteiger partial charge in [-0.3, -0.25) is 0 Å². The van der Waals surface area contributed by atoms with Gasteiger partial charge in [0, 0.05) is 31.5 Å². The highest BCUT2D eigenvalue weighted by atomic mass is 32.2. The van der Waals surface area contributed by atoms with Crippen molar-refractivity contribution in [3.63, 3.8) is 0 Å². The zero-order valence-corrected chi connectivity index (χ0v) is 14.3. The fourth-order valence-electron chi connectivity index (χ4n) is 2.89. The van der Waals surface area contributed by atoms with E-state index < -0.39 is 10.0 Å². The molecule has 0 aliphatic heterocycles. The summed E-state index contributed by atoms with van der Waals surface area (Å²) < 4.78 is 29.7. The van der Waals surface area contributed by atoms with Gasteiger partial charge >= 0.3 is 0 Å². The molecule has 0 bridgehead atoms. The van der Waals surface area contributed by atoms with Crippen LogP contribution in [0.25, 0.3) is 0 Å². The molecule has 0 saturated heterocycles. The lowest BCUT2D eigenvalue weighted by Crippen LogP contribution is -2.39. The molecule has 0 spiro atoms. The summed E-state index contributed by atoms with van der Waals surface area (Å²) in [5, 5.41) is 3.04. The van der Waals surface area contributed by atoms with Crippen molar-refractivity contribution in [1.29, 1.82) is 0 Å². The van der Waals surface area contributed by atoms with E-state index >= 15 is 0 Å². The Labute approximate surface area is 128 Å². The predicted molar refractivity (Wildman–Crippen MR) is 84.5 cm³/mol. The highest BCUT2D eigenvalue weighted by molar-refractivity contribution is 7.89. The van der Waals surface area contributed by atoms with Gasteiger partial charge in [0.15, 0.2) is 0 Å². The fourth-order valence-corrected chi connectivity index (χ4v) is 4.28. The first-order chi connectivity index (χ1) is 9.73. The van der Waals surface area contributed by atoms with E-state index in [2.05, 4.69) is 23.9 Å².